The zero-order valence-electron chi connectivity index (χ0n) is 7.38. The number of nitrogens with zero attached hydrogens (tertiary/aromatic N) is 2. The summed E-state index contributed by atoms with van der Waals surface area (Å²) in [5.41, 5.74) is 0.476. The summed E-state index contributed by atoms with van der Waals surface area (Å²) in [7, 11) is 2.20. The normalized spacial score (nSPS) is 46.6. The summed E-state index contributed by atoms with van der Waals surface area (Å²) in [6.45, 7) is 6.95. The zero-order valence-corrected chi connectivity index (χ0v) is 7.38. The third kappa shape index (κ3) is 1.08. The quantitative estimate of drug-likeness (QED) is 0.489. The largest absolute Gasteiger partial charge is 0.305 e. The Morgan fingerprint density at radius 2 is 2.09 bits per heavy atom. The van der Waals surface area contributed by atoms with Crippen molar-refractivity contribution in [2.45, 2.75) is 6.92 Å². The Balaban J connectivity index is 2.13. The van der Waals surface area contributed by atoms with Crippen molar-refractivity contribution in [1.29, 1.82) is 0 Å². The van der Waals surface area contributed by atoms with Gasteiger partial charge in [-0.1, -0.05) is 6.92 Å². The van der Waals surface area contributed by atoms with Crippen molar-refractivity contribution in [2.75, 3.05) is 33.2 Å². The van der Waals surface area contributed by atoms with Gasteiger partial charge in [-0.15, -0.1) is 0 Å². The molecule has 0 aliphatic carbocycles. The number of nitrogens with two attached hydrogens (primary N) is 1. The highest BCUT2D eigenvalue weighted by Crippen LogP contribution is 2.39. The van der Waals surface area contributed by atoms with E-state index in [4.69, 9.17) is 5.84 Å². The van der Waals surface area contributed by atoms with E-state index in [9.17, 15) is 0 Å². The number of hydrogen-bond donors (Lipinski definition) is 1. The van der Waals surface area contributed by atoms with E-state index in [1.54, 1.807) is 0 Å². The van der Waals surface area contributed by atoms with E-state index in [1.165, 1.54) is 13.1 Å². The van der Waals surface area contributed by atoms with Crippen LogP contribution in [0.2, 0.25) is 0 Å². The molecule has 2 heterocycles. The lowest BCUT2D eigenvalue weighted by Gasteiger charge is -2.21. The van der Waals surface area contributed by atoms with Gasteiger partial charge in [-0.3, -0.25) is 5.84 Å². The van der Waals surface area contributed by atoms with Gasteiger partial charge in [-0.25, -0.2) is 5.01 Å². The van der Waals surface area contributed by atoms with Gasteiger partial charge in [-0.05, 0) is 18.4 Å². The lowest BCUT2D eigenvalue weighted by Crippen LogP contribution is -2.34. The Bertz CT molecular complexity index is 155. The van der Waals surface area contributed by atoms with Gasteiger partial charge in [0, 0.05) is 26.2 Å². The summed E-state index contributed by atoms with van der Waals surface area (Å²) in [6, 6.07) is 0. The third-order valence-electron chi connectivity index (χ3n) is 3.17. The fraction of sp³-hybridized carbons (Fsp3) is 1.00. The first-order valence-electron chi connectivity index (χ1n) is 4.28. The molecule has 2 fully saturated rings. The van der Waals surface area contributed by atoms with Gasteiger partial charge in [0.1, 0.15) is 0 Å². The SMILES string of the molecule is CN1CC2CN(N)C[C@@]2(C)C1. The molecular weight excluding hydrogens is 138 g/mol. The van der Waals surface area contributed by atoms with Crippen LogP contribution in [0.4, 0.5) is 0 Å². The highest BCUT2D eigenvalue weighted by molar-refractivity contribution is 4.99. The Morgan fingerprint density at radius 1 is 1.36 bits per heavy atom. The summed E-state index contributed by atoms with van der Waals surface area (Å²) in [6.07, 6.45) is 0. The molecule has 2 aliphatic rings. The smallest absolute Gasteiger partial charge is 0.0198 e. The highest BCUT2D eigenvalue weighted by Gasteiger charge is 2.47. The van der Waals surface area contributed by atoms with Crippen molar-refractivity contribution in [2.24, 2.45) is 17.2 Å². The minimum atomic E-state index is 0.476. The number of hydrogen-bond acceptors (Lipinski definition) is 3. The Kier molecular flexibility index (Phi) is 1.50. The molecule has 0 amide bonds. The maximum atomic E-state index is 5.77. The summed E-state index contributed by atoms with van der Waals surface area (Å²) >= 11 is 0. The Morgan fingerprint density at radius 3 is 2.73 bits per heavy atom. The van der Waals surface area contributed by atoms with Gasteiger partial charge in [-0.2, -0.15) is 0 Å². The molecule has 0 spiro atoms. The molecule has 2 atom stereocenters. The van der Waals surface area contributed by atoms with Crippen LogP contribution in [0, 0.1) is 11.3 Å². The Labute approximate surface area is 68.1 Å². The van der Waals surface area contributed by atoms with Crippen LogP contribution in [0.3, 0.4) is 0 Å². The third-order valence-corrected chi connectivity index (χ3v) is 3.17. The second-order valence-corrected chi connectivity index (χ2v) is 4.48. The summed E-state index contributed by atoms with van der Waals surface area (Å²) < 4.78 is 0. The van der Waals surface area contributed by atoms with Crippen molar-refractivity contribution < 1.29 is 0 Å². The van der Waals surface area contributed by atoms with Crippen molar-refractivity contribution in [3.05, 3.63) is 0 Å². The van der Waals surface area contributed by atoms with E-state index in [0.717, 1.165) is 19.0 Å². The van der Waals surface area contributed by atoms with E-state index in [1.807, 2.05) is 5.01 Å². The first-order valence-corrected chi connectivity index (χ1v) is 4.28. The van der Waals surface area contributed by atoms with Gasteiger partial charge >= 0.3 is 0 Å². The van der Waals surface area contributed by atoms with E-state index in [-0.39, 0.29) is 0 Å². The molecule has 1 unspecified atom stereocenters. The monoisotopic (exact) mass is 155 g/mol. The van der Waals surface area contributed by atoms with E-state index >= 15 is 0 Å². The van der Waals surface area contributed by atoms with E-state index in [0.29, 0.717) is 5.41 Å². The molecule has 0 radical (unpaired) electrons. The average Bonchev–Trinajstić information content (AvgIpc) is 2.16. The van der Waals surface area contributed by atoms with Crippen LogP contribution in [-0.2, 0) is 0 Å². The number of rotatable bonds is 0. The average molecular weight is 155 g/mol. The minimum Gasteiger partial charge on any atom is -0.305 e. The molecule has 0 aromatic rings. The summed E-state index contributed by atoms with van der Waals surface area (Å²) in [4.78, 5) is 2.41. The standard InChI is InChI=1S/C8H17N3/c1-8-5-10(2)3-7(8)4-11(9)6-8/h7H,3-6,9H2,1-2H3/t7?,8-/m1/s1. The van der Waals surface area contributed by atoms with Crippen molar-refractivity contribution in [1.82, 2.24) is 9.91 Å². The van der Waals surface area contributed by atoms with Gasteiger partial charge in [0.25, 0.3) is 0 Å². The van der Waals surface area contributed by atoms with Crippen LogP contribution in [-0.4, -0.2) is 43.1 Å². The van der Waals surface area contributed by atoms with Gasteiger partial charge in [0.05, 0.1) is 0 Å². The Hall–Kier alpha value is -0.120. The van der Waals surface area contributed by atoms with E-state index < -0.39 is 0 Å². The maximum Gasteiger partial charge on any atom is 0.0198 e. The summed E-state index contributed by atoms with van der Waals surface area (Å²) in [5.74, 6) is 6.57. The number of fused-ring (bicyclic) bond motifs is 1. The minimum absolute atomic E-state index is 0.476. The van der Waals surface area contributed by atoms with Crippen LogP contribution in [0.5, 0.6) is 0 Å². The molecule has 2 N–H and O–H groups in total. The molecule has 0 aromatic carbocycles. The van der Waals surface area contributed by atoms with Gasteiger partial charge in [0.15, 0.2) is 0 Å². The molecule has 64 valence electrons. The molecule has 2 saturated heterocycles. The number of hydrazine groups is 1. The lowest BCUT2D eigenvalue weighted by atomic mass is 9.83. The predicted molar refractivity (Wildman–Crippen MR) is 44.9 cm³/mol. The van der Waals surface area contributed by atoms with Crippen LogP contribution in [0.25, 0.3) is 0 Å². The molecule has 2 aliphatic heterocycles. The molecule has 0 aromatic heterocycles. The molecule has 11 heavy (non-hydrogen) atoms. The van der Waals surface area contributed by atoms with Crippen LogP contribution in [0.15, 0.2) is 0 Å². The first-order chi connectivity index (χ1) is 5.10. The number of likely N-dealkylation sites (tertiary alicyclic amines) is 1. The van der Waals surface area contributed by atoms with Crippen LogP contribution >= 0.6 is 0 Å². The van der Waals surface area contributed by atoms with Crippen molar-refractivity contribution in [3.8, 4) is 0 Å². The van der Waals surface area contributed by atoms with Gasteiger partial charge in [0.2, 0.25) is 0 Å². The molecular formula is C8H17N3. The maximum absolute atomic E-state index is 5.77. The second kappa shape index (κ2) is 2.19. The summed E-state index contributed by atoms with van der Waals surface area (Å²) in [5, 5.41) is 1.97. The lowest BCUT2D eigenvalue weighted by molar-refractivity contribution is 0.248. The zero-order chi connectivity index (χ0) is 8.06. The van der Waals surface area contributed by atoms with Gasteiger partial charge < -0.3 is 4.90 Å². The fourth-order valence-electron chi connectivity index (χ4n) is 2.68. The predicted octanol–water partition coefficient (Wildman–Crippen LogP) is -0.256. The topological polar surface area (TPSA) is 32.5 Å². The first kappa shape index (κ1) is 7.53. The van der Waals surface area contributed by atoms with Crippen LogP contribution < -0.4 is 5.84 Å². The van der Waals surface area contributed by atoms with E-state index in [2.05, 4.69) is 18.9 Å². The van der Waals surface area contributed by atoms with Crippen molar-refractivity contribution in [3.63, 3.8) is 0 Å². The van der Waals surface area contributed by atoms with Crippen molar-refractivity contribution >= 4 is 0 Å². The fourth-order valence-corrected chi connectivity index (χ4v) is 2.68. The van der Waals surface area contributed by atoms with Crippen LogP contribution in [0.1, 0.15) is 6.92 Å². The molecule has 3 heteroatoms. The molecule has 3 nitrogen and oxygen atoms in total. The molecule has 0 saturated carbocycles. The molecule has 2 rings (SSSR count). The highest BCUT2D eigenvalue weighted by atomic mass is 15.4. The molecule has 0 bridgehead atoms. The second-order valence-electron chi connectivity index (χ2n) is 4.48.